The number of halogens is 3. The number of hydrogen-bond donors (Lipinski definition) is 2. The highest BCUT2D eigenvalue weighted by Gasteiger charge is 2.48. The molecule has 2 N–H and O–H groups in total. The third-order valence-corrected chi connectivity index (χ3v) is 5.28. The van der Waals surface area contributed by atoms with E-state index in [9.17, 15) is 27.9 Å². The summed E-state index contributed by atoms with van der Waals surface area (Å²) in [6.45, 7) is -0.102. The zero-order valence-electron chi connectivity index (χ0n) is 14.1. The Labute approximate surface area is 145 Å². The minimum Gasteiger partial charge on any atom is -0.396 e. The molecule has 0 amide bonds. The van der Waals surface area contributed by atoms with E-state index >= 15 is 0 Å². The summed E-state index contributed by atoms with van der Waals surface area (Å²) in [5.41, 5.74) is -0.758. The van der Waals surface area contributed by atoms with Crippen LogP contribution in [-0.2, 0) is 0 Å². The van der Waals surface area contributed by atoms with Crippen LogP contribution in [0.25, 0.3) is 10.9 Å². The molecule has 1 saturated carbocycles. The highest BCUT2D eigenvalue weighted by molar-refractivity contribution is 5.87. The van der Waals surface area contributed by atoms with Crippen molar-refractivity contribution in [2.75, 3.05) is 24.6 Å². The van der Waals surface area contributed by atoms with Crippen LogP contribution in [-0.4, -0.2) is 40.3 Å². The zero-order valence-corrected chi connectivity index (χ0v) is 14.1. The number of aromatic amines is 1. The molecular formula is C17H18F3N3O3. The normalized spacial score (nSPS) is 22.3. The number of rotatable bonds is 3. The molecule has 1 unspecified atom stereocenters. The molecule has 1 aliphatic heterocycles. The Bertz CT molecular complexity index is 1010. The van der Waals surface area contributed by atoms with Crippen molar-refractivity contribution in [3.05, 3.63) is 38.3 Å². The summed E-state index contributed by atoms with van der Waals surface area (Å²) >= 11 is 0. The lowest BCUT2D eigenvalue weighted by Crippen LogP contribution is -2.32. The fourth-order valence-electron chi connectivity index (χ4n) is 3.85. The lowest BCUT2D eigenvalue weighted by atomic mass is 10.1. The van der Waals surface area contributed by atoms with Crippen molar-refractivity contribution in [2.45, 2.75) is 31.7 Å². The van der Waals surface area contributed by atoms with Gasteiger partial charge in [-0.1, -0.05) is 0 Å². The van der Waals surface area contributed by atoms with Gasteiger partial charge in [0.05, 0.1) is 35.7 Å². The minimum absolute atomic E-state index is 0.0277. The second-order valence-corrected chi connectivity index (χ2v) is 7.11. The maximum Gasteiger partial charge on any atom is 0.329 e. The van der Waals surface area contributed by atoms with Gasteiger partial charge in [-0.15, -0.1) is 0 Å². The molecular weight excluding hydrogens is 351 g/mol. The monoisotopic (exact) mass is 369 g/mol. The van der Waals surface area contributed by atoms with E-state index in [-0.39, 0.29) is 34.7 Å². The van der Waals surface area contributed by atoms with Crippen LogP contribution in [0, 0.1) is 18.7 Å². The van der Waals surface area contributed by atoms with Gasteiger partial charge in [-0.2, -0.15) is 0 Å². The number of anilines is 1. The summed E-state index contributed by atoms with van der Waals surface area (Å²) in [6.07, 6.45) is 1.53. The number of fused-ring (bicyclic) bond motifs is 1. The summed E-state index contributed by atoms with van der Waals surface area (Å²) in [4.78, 5) is 27.8. The number of nitrogens with zero attached hydrogens (tertiary/aromatic N) is 2. The van der Waals surface area contributed by atoms with E-state index in [1.165, 1.54) is 16.4 Å². The van der Waals surface area contributed by atoms with Gasteiger partial charge in [0, 0.05) is 18.2 Å². The molecule has 1 saturated heterocycles. The van der Waals surface area contributed by atoms with Crippen LogP contribution in [0.4, 0.5) is 18.9 Å². The highest BCUT2D eigenvalue weighted by Crippen LogP contribution is 2.41. The molecule has 0 radical (unpaired) electrons. The van der Waals surface area contributed by atoms with Crippen LogP contribution in [0.5, 0.6) is 0 Å². The molecule has 140 valence electrons. The molecule has 9 heteroatoms. The van der Waals surface area contributed by atoms with E-state index < -0.39 is 42.1 Å². The number of aromatic nitrogens is 2. The SMILES string of the molecule is Cc1c(N2CC(CO)C(F)(F)C2)c(F)cc2c(=O)[nH]c(=O)n(C3CC3)c12. The quantitative estimate of drug-likeness (QED) is 0.860. The van der Waals surface area contributed by atoms with Crippen molar-refractivity contribution in [3.8, 4) is 0 Å². The Morgan fingerprint density at radius 1 is 1.35 bits per heavy atom. The lowest BCUT2D eigenvalue weighted by Gasteiger charge is -2.23. The van der Waals surface area contributed by atoms with Gasteiger partial charge in [-0.25, -0.2) is 18.0 Å². The van der Waals surface area contributed by atoms with Gasteiger partial charge in [0.1, 0.15) is 5.82 Å². The zero-order chi connectivity index (χ0) is 18.8. The molecule has 0 spiro atoms. The molecule has 26 heavy (non-hydrogen) atoms. The number of H-pyrrole nitrogens is 1. The van der Waals surface area contributed by atoms with E-state index in [0.717, 1.165) is 18.9 Å². The average Bonchev–Trinajstić information content (AvgIpc) is 3.32. The first-order valence-corrected chi connectivity index (χ1v) is 8.46. The van der Waals surface area contributed by atoms with Crippen LogP contribution >= 0.6 is 0 Å². The maximum absolute atomic E-state index is 14.8. The molecule has 6 nitrogen and oxygen atoms in total. The van der Waals surface area contributed by atoms with E-state index in [1.807, 2.05) is 0 Å². The Morgan fingerprint density at radius 2 is 2.04 bits per heavy atom. The van der Waals surface area contributed by atoms with E-state index in [1.54, 1.807) is 0 Å². The first-order chi connectivity index (χ1) is 12.2. The lowest BCUT2D eigenvalue weighted by molar-refractivity contribution is -0.0391. The summed E-state index contributed by atoms with van der Waals surface area (Å²) in [5, 5.41) is 9.21. The maximum atomic E-state index is 14.8. The summed E-state index contributed by atoms with van der Waals surface area (Å²) in [7, 11) is 0. The third-order valence-electron chi connectivity index (χ3n) is 5.28. The first kappa shape index (κ1) is 17.1. The van der Waals surface area contributed by atoms with Crippen LogP contribution in [0.2, 0.25) is 0 Å². The first-order valence-electron chi connectivity index (χ1n) is 8.46. The summed E-state index contributed by atoms with van der Waals surface area (Å²) in [6, 6.07) is 0.920. The smallest absolute Gasteiger partial charge is 0.329 e. The average molecular weight is 369 g/mol. The summed E-state index contributed by atoms with van der Waals surface area (Å²) < 4.78 is 44.2. The molecule has 1 aliphatic carbocycles. The van der Waals surface area contributed by atoms with Gasteiger partial charge in [-0.3, -0.25) is 14.3 Å². The number of aliphatic hydroxyl groups is 1. The van der Waals surface area contributed by atoms with E-state index in [0.29, 0.717) is 0 Å². The van der Waals surface area contributed by atoms with Crippen molar-refractivity contribution < 1.29 is 18.3 Å². The largest absolute Gasteiger partial charge is 0.396 e. The van der Waals surface area contributed by atoms with Crippen LogP contribution in [0.3, 0.4) is 0 Å². The number of aliphatic hydroxyl groups excluding tert-OH is 1. The van der Waals surface area contributed by atoms with Crippen molar-refractivity contribution in [1.82, 2.24) is 9.55 Å². The van der Waals surface area contributed by atoms with Gasteiger partial charge in [0.15, 0.2) is 0 Å². The van der Waals surface area contributed by atoms with Crippen LogP contribution in [0.1, 0.15) is 24.4 Å². The Kier molecular flexibility index (Phi) is 3.69. The predicted molar refractivity (Wildman–Crippen MR) is 89.5 cm³/mol. The van der Waals surface area contributed by atoms with Crippen molar-refractivity contribution in [3.63, 3.8) is 0 Å². The van der Waals surface area contributed by atoms with Gasteiger partial charge in [0.25, 0.3) is 11.5 Å². The molecule has 2 fully saturated rings. The fourth-order valence-corrected chi connectivity index (χ4v) is 3.85. The van der Waals surface area contributed by atoms with E-state index in [4.69, 9.17) is 0 Å². The molecule has 0 bridgehead atoms. The molecule has 1 aromatic carbocycles. The molecule has 2 aliphatic rings. The van der Waals surface area contributed by atoms with Crippen LogP contribution in [0.15, 0.2) is 15.7 Å². The number of alkyl halides is 2. The number of benzene rings is 1. The second-order valence-electron chi connectivity index (χ2n) is 7.11. The van der Waals surface area contributed by atoms with Crippen molar-refractivity contribution in [2.24, 2.45) is 5.92 Å². The van der Waals surface area contributed by atoms with Crippen molar-refractivity contribution >= 4 is 16.6 Å². The second kappa shape index (κ2) is 5.60. The Hall–Kier alpha value is -2.29. The van der Waals surface area contributed by atoms with Crippen molar-refractivity contribution in [1.29, 1.82) is 0 Å². The van der Waals surface area contributed by atoms with E-state index in [2.05, 4.69) is 4.98 Å². The predicted octanol–water partition coefficient (Wildman–Crippen LogP) is 1.54. The van der Waals surface area contributed by atoms with Gasteiger partial charge >= 0.3 is 5.69 Å². The van der Waals surface area contributed by atoms with Gasteiger partial charge in [-0.05, 0) is 25.8 Å². The van der Waals surface area contributed by atoms with Gasteiger partial charge < -0.3 is 10.0 Å². The fraction of sp³-hybridized carbons (Fsp3) is 0.529. The highest BCUT2D eigenvalue weighted by atomic mass is 19.3. The van der Waals surface area contributed by atoms with Gasteiger partial charge in [0.2, 0.25) is 0 Å². The summed E-state index contributed by atoms with van der Waals surface area (Å²) in [5.74, 6) is -5.23. The standard InChI is InChI=1S/C17H18F3N3O3/c1-8-13-11(15(25)21-16(26)23(13)10-2-3-10)4-12(18)14(8)22-5-9(6-24)17(19,20)7-22/h4,9-10,24H,2-3,5-7H2,1H3,(H,21,25,26). The number of nitrogens with one attached hydrogen (secondary N) is 1. The number of hydrogen-bond acceptors (Lipinski definition) is 4. The molecule has 4 rings (SSSR count). The number of aryl methyl sites for hydroxylation is 1. The third kappa shape index (κ3) is 2.45. The molecule has 1 atom stereocenters. The Balaban J connectivity index is 1.96. The van der Waals surface area contributed by atoms with Crippen LogP contribution < -0.4 is 16.1 Å². The molecule has 2 heterocycles. The minimum atomic E-state index is -3.15. The Morgan fingerprint density at radius 3 is 2.62 bits per heavy atom. The molecule has 2 aromatic rings. The topological polar surface area (TPSA) is 78.3 Å². The molecule has 1 aromatic heterocycles.